The van der Waals surface area contributed by atoms with Gasteiger partial charge in [-0.1, -0.05) is 29.3 Å². The fourth-order valence-electron chi connectivity index (χ4n) is 2.51. The number of nitrogens with zero attached hydrogens (tertiary/aromatic N) is 2. The van der Waals surface area contributed by atoms with E-state index in [0.717, 1.165) is 16.8 Å². The number of hydrazone groups is 1. The van der Waals surface area contributed by atoms with E-state index >= 15 is 0 Å². The Kier molecular flexibility index (Phi) is 5.01. The van der Waals surface area contributed by atoms with Crippen LogP contribution in [-0.4, -0.2) is 22.5 Å². The van der Waals surface area contributed by atoms with Crippen molar-refractivity contribution < 1.29 is 9.59 Å². The molecule has 1 aromatic carbocycles. The molecule has 0 unspecified atom stereocenters. The standard InChI is InChI=1S/C17H14Cl2N4O2/c1-9-6-11(2-3-12(9)14-4-5-15(24)23-22-14)21-17(25)16-13(19)7-10(18)8-20-16/h2-3,6-8H,4-5H2,1H3,(H,21,25)(H,23,24). The highest BCUT2D eigenvalue weighted by atomic mass is 35.5. The number of rotatable bonds is 3. The van der Waals surface area contributed by atoms with E-state index < -0.39 is 5.91 Å². The number of benzene rings is 1. The Morgan fingerprint density at radius 2 is 2.04 bits per heavy atom. The van der Waals surface area contributed by atoms with E-state index in [0.29, 0.717) is 23.6 Å². The Labute approximate surface area is 154 Å². The Balaban J connectivity index is 1.79. The SMILES string of the molecule is Cc1cc(NC(=O)c2ncc(Cl)cc2Cl)ccc1C1=NNC(=O)CC1. The van der Waals surface area contributed by atoms with E-state index in [2.05, 4.69) is 20.8 Å². The van der Waals surface area contributed by atoms with Crippen molar-refractivity contribution in [2.24, 2.45) is 5.10 Å². The lowest BCUT2D eigenvalue weighted by Gasteiger charge is -2.15. The van der Waals surface area contributed by atoms with Crippen LogP contribution < -0.4 is 10.7 Å². The number of aryl methyl sites for hydroxylation is 1. The Morgan fingerprint density at radius 1 is 1.24 bits per heavy atom. The topological polar surface area (TPSA) is 83.4 Å². The number of carbonyl (C=O) groups excluding carboxylic acids is 2. The highest BCUT2D eigenvalue weighted by Gasteiger charge is 2.16. The first-order chi connectivity index (χ1) is 11.9. The van der Waals surface area contributed by atoms with Crippen molar-refractivity contribution in [1.82, 2.24) is 10.4 Å². The number of pyridine rings is 1. The molecule has 8 heteroatoms. The van der Waals surface area contributed by atoms with E-state index in [1.165, 1.54) is 12.3 Å². The molecule has 1 aliphatic rings. The number of carbonyl (C=O) groups is 2. The first-order valence-corrected chi connectivity index (χ1v) is 8.28. The predicted molar refractivity (Wildman–Crippen MR) is 97.3 cm³/mol. The van der Waals surface area contributed by atoms with Crippen LogP contribution in [0.15, 0.2) is 35.6 Å². The second kappa shape index (κ2) is 7.21. The summed E-state index contributed by atoms with van der Waals surface area (Å²) in [6.45, 7) is 1.91. The van der Waals surface area contributed by atoms with Gasteiger partial charge in [-0.25, -0.2) is 10.4 Å². The number of aromatic nitrogens is 1. The van der Waals surface area contributed by atoms with Gasteiger partial charge in [0.05, 0.1) is 15.8 Å². The number of halogens is 2. The molecule has 0 saturated heterocycles. The smallest absolute Gasteiger partial charge is 0.275 e. The molecule has 6 nitrogen and oxygen atoms in total. The highest BCUT2D eigenvalue weighted by Crippen LogP contribution is 2.22. The molecule has 2 aromatic rings. The lowest BCUT2D eigenvalue weighted by Crippen LogP contribution is -2.26. The van der Waals surface area contributed by atoms with Gasteiger partial charge in [0.2, 0.25) is 5.91 Å². The monoisotopic (exact) mass is 376 g/mol. The Morgan fingerprint density at radius 3 is 2.68 bits per heavy atom. The van der Waals surface area contributed by atoms with Gasteiger partial charge in [0.1, 0.15) is 5.69 Å². The molecule has 2 N–H and O–H groups in total. The summed E-state index contributed by atoms with van der Waals surface area (Å²) in [6, 6.07) is 6.92. The van der Waals surface area contributed by atoms with E-state index in [-0.39, 0.29) is 16.6 Å². The molecule has 0 spiro atoms. The number of anilines is 1. The zero-order valence-corrected chi connectivity index (χ0v) is 14.8. The zero-order chi connectivity index (χ0) is 18.0. The van der Waals surface area contributed by atoms with Crippen LogP contribution in [-0.2, 0) is 4.79 Å². The first kappa shape index (κ1) is 17.4. The van der Waals surface area contributed by atoms with Crippen molar-refractivity contribution in [3.63, 3.8) is 0 Å². The largest absolute Gasteiger partial charge is 0.321 e. The summed E-state index contributed by atoms with van der Waals surface area (Å²) in [6.07, 6.45) is 2.37. The van der Waals surface area contributed by atoms with Gasteiger partial charge in [0.15, 0.2) is 0 Å². The summed E-state index contributed by atoms with van der Waals surface area (Å²) in [5.74, 6) is -0.506. The van der Waals surface area contributed by atoms with Crippen molar-refractivity contribution in [3.8, 4) is 0 Å². The number of nitrogens with one attached hydrogen (secondary N) is 2. The Hall–Kier alpha value is -2.44. The van der Waals surface area contributed by atoms with Gasteiger partial charge in [-0.3, -0.25) is 9.59 Å². The minimum Gasteiger partial charge on any atom is -0.321 e. The van der Waals surface area contributed by atoms with Crippen LogP contribution in [0.4, 0.5) is 5.69 Å². The van der Waals surface area contributed by atoms with E-state index in [4.69, 9.17) is 23.2 Å². The van der Waals surface area contributed by atoms with E-state index in [1.807, 2.05) is 19.1 Å². The summed E-state index contributed by atoms with van der Waals surface area (Å²) < 4.78 is 0. The molecule has 128 valence electrons. The van der Waals surface area contributed by atoms with Crippen LogP contribution in [0, 0.1) is 6.92 Å². The van der Waals surface area contributed by atoms with Gasteiger partial charge in [0.25, 0.3) is 5.91 Å². The van der Waals surface area contributed by atoms with Crippen molar-refractivity contribution >= 4 is 46.4 Å². The molecule has 0 aliphatic carbocycles. The maximum Gasteiger partial charge on any atom is 0.275 e. The summed E-state index contributed by atoms with van der Waals surface area (Å²) in [7, 11) is 0. The zero-order valence-electron chi connectivity index (χ0n) is 13.3. The van der Waals surface area contributed by atoms with Gasteiger partial charge < -0.3 is 5.32 Å². The van der Waals surface area contributed by atoms with E-state index in [9.17, 15) is 9.59 Å². The summed E-state index contributed by atoms with van der Waals surface area (Å²) in [5, 5.41) is 7.40. The molecule has 2 heterocycles. The van der Waals surface area contributed by atoms with Gasteiger partial charge in [-0.15, -0.1) is 0 Å². The fraction of sp³-hybridized carbons (Fsp3) is 0.176. The molecule has 1 aromatic heterocycles. The molecule has 1 aliphatic heterocycles. The predicted octanol–water partition coefficient (Wildman–Crippen LogP) is 3.56. The molecule has 0 fully saturated rings. The molecular formula is C17H14Cl2N4O2. The fourth-order valence-corrected chi connectivity index (χ4v) is 2.97. The van der Waals surface area contributed by atoms with Crippen molar-refractivity contribution in [3.05, 3.63) is 57.3 Å². The van der Waals surface area contributed by atoms with Crippen LogP contribution in [0.3, 0.4) is 0 Å². The van der Waals surface area contributed by atoms with Crippen LogP contribution in [0.5, 0.6) is 0 Å². The lowest BCUT2D eigenvalue weighted by molar-refractivity contribution is -0.121. The molecule has 0 radical (unpaired) electrons. The second-order valence-electron chi connectivity index (χ2n) is 5.56. The average Bonchev–Trinajstić information content (AvgIpc) is 2.56. The third kappa shape index (κ3) is 3.97. The van der Waals surface area contributed by atoms with E-state index in [1.54, 1.807) is 6.07 Å². The van der Waals surface area contributed by atoms with Crippen LogP contribution in [0.2, 0.25) is 10.0 Å². The number of hydrogen-bond acceptors (Lipinski definition) is 4. The summed E-state index contributed by atoms with van der Waals surface area (Å²) in [5.41, 5.74) is 5.88. The molecular weight excluding hydrogens is 363 g/mol. The van der Waals surface area contributed by atoms with Crippen LogP contribution in [0.25, 0.3) is 0 Å². The van der Waals surface area contributed by atoms with Gasteiger partial charge in [-0.2, -0.15) is 5.10 Å². The second-order valence-corrected chi connectivity index (χ2v) is 6.40. The molecule has 3 rings (SSSR count). The average molecular weight is 377 g/mol. The molecule has 0 atom stereocenters. The highest BCUT2D eigenvalue weighted by molar-refractivity contribution is 6.36. The molecule has 0 bridgehead atoms. The molecule has 25 heavy (non-hydrogen) atoms. The quantitative estimate of drug-likeness (QED) is 0.858. The van der Waals surface area contributed by atoms with Gasteiger partial charge >= 0.3 is 0 Å². The number of amides is 2. The third-order valence-corrected chi connectivity index (χ3v) is 4.22. The first-order valence-electron chi connectivity index (χ1n) is 7.53. The maximum absolute atomic E-state index is 12.3. The number of hydrogen-bond donors (Lipinski definition) is 2. The maximum atomic E-state index is 12.3. The van der Waals surface area contributed by atoms with Gasteiger partial charge in [-0.05, 0) is 30.7 Å². The van der Waals surface area contributed by atoms with Crippen LogP contribution in [0.1, 0.15) is 34.5 Å². The van der Waals surface area contributed by atoms with Gasteiger partial charge in [0, 0.05) is 30.3 Å². The lowest BCUT2D eigenvalue weighted by atomic mass is 9.99. The molecule has 0 saturated carbocycles. The minimum absolute atomic E-state index is 0.0855. The van der Waals surface area contributed by atoms with Crippen molar-refractivity contribution in [2.45, 2.75) is 19.8 Å². The van der Waals surface area contributed by atoms with Crippen molar-refractivity contribution in [2.75, 3.05) is 5.32 Å². The minimum atomic E-state index is -0.420. The normalized spacial score (nSPS) is 13.9. The third-order valence-electron chi connectivity index (χ3n) is 3.72. The molecule has 2 amide bonds. The summed E-state index contributed by atoms with van der Waals surface area (Å²) in [4.78, 5) is 27.5. The van der Waals surface area contributed by atoms with Crippen LogP contribution >= 0.6 is 23.2 Å². The van der Waals surface area contributed by atoms with Crippen molar-refractivity contribution in [1.29, 1.82) is 0 Å². The summed E-state index contributed by atoms with van der Waals surface area (Å²) >= 11 is 11.8. The Bertz CT molecular complexity index is 896.